The SMILES string of the molecule is CCCc1cc(=O)oc2c(C)c(O)c(-c3cc[n+]4c(n3)CC(=O)N4c3ccccc3)cc12. The summed E-state index contributed by atoms with van der Waals surface area (Å²) in [6, 6.07) is 14.5. The molecule has 32 heavy (non-hydrogen) atoms. The summed E-state index contributed by atoms with van der Waals surface area (Å²) in [7, 11) is 0. The molecule has 0 bridgehead atoms. The third-order valence-electron chi connectivity index (χ3n) is 5.77. The summed E-state index contributed by atoms with van der Waals surface area (Å²) in [5.74, 6) is 0.518. The number of carbonyl (C=O) groups excluding carboxylic acids is 1. The molecule has 1 amide bonds. The first kappa shape index (κ1) is 19.9. The van der Waals surface area contributed by atoms with Crippen molar-refractivity contribution in [3.63, 3.8) is 0 Å². The second kappa shape index (κ2) is 7.60. The summed E-state index contributed by atoms with van der Waals surface area (Å²) in [5.41, 5.74) is 3.18. The molecule has 0 aliphatic carbocycles. The van der Waals surface area contributed by atoms with Gasteiger partial charge in [0.2, 0.25) is 0 Å². The van der Waals surface area contributed by atoms with Crippen LogP contribution in [-0.2, 0) is 17.6 Å². The van der Waals surface area contributed by atoms with Crippen molar-refractivity contribution in [3.05, 3.63) is 82.1 Å². The minimum absolute atomic E-state index is 0.0102. The molecule has 7 heteroatoms. The lowest BCUT2D eigenvalue weighted by Crippen LogP contribution is -2.53. The minimum atomic E-state index is -0.428. The molecule has 0 fully saturated rings. The monoisotopic (exact) mass is 428 g/mol. The lowest BCUT2D eigenvalue weighted by atomic mass is 9.98. The number of hydrogen-bond donors (Lipinski definition) is 1. The first-order chi connectivity index (χ1) is 15.5. The lowest BCUT2D eigenvalue weighted by molar-refractivity contribution is -0.676. The molecule has 3 heterocycles. The zero-order valence-electron chi connectivity index (χ0n) is 17.8. The van der Waals surface area contributed by atoms with Gasteiger partial charge in [0.25, 0.3) is 5.91 Å². The van der Waals surface area contributed by atoms with Gasteiger partial charge in [0.1, 0.15) is 24.0 Å². The predicted octanol–water partition coefficient (Wildman–Crippen LogP) is 3.46. The number of carbonyl (C=O) groups is 1. The fourth-order valence-corrected chi connectivity index (χ4v) is 4.26. The summed E-state index contributed by atoms with van der Waals surface area (Å²) >= 11 is 0. The Kier molecular flexibility index (Phi) is 4.74. The highest BCUT2D eigenvalue weighted by Gasteiger charge is 2.37. The molecule has 7 nitrogen and oxygen atoms in total. The van der Waals surface area contributed by atoms with E-state index in [1.54, 1.807) is 28.9 Å². The number of aryl methyl sites for hydroxylation is 2. The van der Waals surface area contributed by atoms with Gasteiger partial charge in [0.15, 0.2) is 5.69 Å². The maximum absolute atomic E-state index is 12.7. The molecule has 0 unspecified atom stereocenters. The van der Waals surface area contributed by atoms with Crippen molar-refractivity contribution in [3.8, 4) is 17.0 Å². The largest absolute Gasteiger partial charge is 0.507 e. The van der Waals surface area contributed by atoms with Gasteiger partial charge in [0.05, 0.1) is 11.3 Å². The van der Waals surface area contributed by atoms with Gasteiger partial charge in [-0.2, -0.15) is 0 Å². The molecule has 5 rings (SSSR count). The van der Waals surface area contributed by atoms with Crippen LogP contribution in [0.2, 0.25) is 0 Å². The van der Waals surface area contributed by atoms with E-state index >= 15 is 0 Å². The average molecular weight is 428 g/mol. The number of rotatable bonds is 4. The van der Waals surface area contributed by atoms with Gasteiger partial charge in [-0.1, -0.05) is 31.5 Å². The van der Waals surface area contributed by atoms with E-state index in [1.807, 2.05) is 43.3 Å². The van der Waals surface area contributed by atoms with Gasteiger partial charge < -0.3 is 9.52 Å². The number of benzene rings is 2. The Morgan fingerprint density at radius 1 is 1.16 bits per heavy atom. The molecular weight excluding hydrogens is 406 g/mol. The van der Waals surface area contributed by atoms with E-state index in [1.165, 1.54) is 6.07 Å². The van der Waals surface area contributed by atoms with E-state index in [4.69, 9.17) is 9.40 Å². The van der Waals surface area contributed by atoms with Gasteiger partial charge in [-0.3, -0.25) is 4.79 Å². The second-order valence-electron chi connectivity index (χ2n) is 7.91. The molecule has 160 valence electrons. The standard InChI is InChI=1S/C25H21N3O4/c1-3-7-16-12-23(30)32-25-15(2)24(31)19(13-18(16)25)20-10-11-27-21(26-20)14-22(29)28(27)17-8-5-4-6-9-17/h4-6,8-13H,3,7,14H2,1-2H3/p+1. The third kappa shape index (κ3) is 3.13. The molecule has 0 saturated carbocycles. The van der Waals surface area contributed by atoms with Gasteiger partial charge >= 0.3 is 11.4 Å². The topological polar surface area (TPSA) is 87.5 Å². The van der Waals surface area contributed by atoms with Crippen molar-refractivity contribution in [2.75, 3.05) is 5.01 Å². The molecule has 4 aromatic rings. The van der Waals surface area contributed by atoms with Gasteiger partial charge in [0, 0.05) is 23.1 Å². The number of aromatic nitrogens is 2. The van der Waals surface area contributed by atoms with E-state index in [9.17, 15) is 14.7 Å². The minimum Gasteiger partial charge on any atom is -0.507 e. The van der Waals surface area contributed by atoms with Gasteiger partial charge in [-0.25, -0.2) is 4.79 Å². The van der Waals surface area contributed by atoms with Crippen molar-refractivity contribution in [2.45, 2.75) is 33.1 Å². The van der Waals surface area contributed by atoms with Crippen molar-refractivity contribution in [2.24, 2.45) is 0 Å². The lowest BCUT2D eigenvalue weighted by Gasteiger charge is -2.13. The van der Waals surface area contributed by atoms with Crippen molar-refractivity contribution < 1.29 is 19.0 Å². The fourth-order valence-electron chi connectivity index (χ4n) is 4.26. The number of aromatic hydroxyl groups is 1. The number of fused-ring (bicyclic) bond motifs is 2. The number of nitrogens with zero attached hydrogens (tertiary/aromatic N) is 3. The van der Waals surface area contributed by atoms with Crippen LogP contribution < -0.4 is 15.3 Å². The molecule has 0 saturated heterocycles. The zero-order valence-corrected chi connectivity index (χ0v) is 17.8. The highest BCUT2D eigenvalue weighted by Crippen LogP contribution is 2.37. The first-order valence-electron chi connectivity index (χ1n) is 10.6. The quantitative estimate of drug-likeness (QED) is 0.397. The molecule has 0 spiro atoms. The Morgan fingerprint density at radius 3 is 2.69 bits per heavy atom. The zero-order chi connectivity index (χ0) is 22.4. The fraction of sp³-hybridized carbons (Fsp3) is 0.200. The van der Waals surface area contributed by atoms with Crippen LogP contribution in [0.5, 0.6) is 5.75 Å². The van der Waals surface area contributed by atoms with E-state index in [2.05, 4.69) is 0 Å². The number of amides is 1. The smallest absolute Gasteiger partial charge is 0.336 e. The van der Waals surface area contributed by atoms with Crippen molar-refractivity contribution >= 4 is 22.6 Å². The highest BCUT2D eigenvalue weighted by molar-refractivity contribution is 5.94. The Morgan fingerprint density at radius 2 is 1.94 bits per heavy atom. The van der Waals surface area contributed by atoms with Crippen LogP contribution in [0, 0.1) is 6.92 Å². The normalized spacial score (nSPS) is 13.1. The third-order valence-corrected chi connectivity index (χ3v) is 5.77. The maximum atomic E-state index is 12.7. The molecule has 1 N–H and O–H groups in total. The van der Waals surface area contributed by atoms with Crippen LogP contribution in [0.3, 0.4) is 0 Å². The number of phenols is 1. The summed E-state index contributed by atoms with van der Waals surface area (Å²) in [6.45, 7) is 3.77. The Labute approximate surface area is 184 Å². The van der Waals surface area contributed by atoms with E-state index < -0.39 is 5.63 Å². The van der Waals surface area contributed by atoms with Gasteiger partial charge in [-0.15, -0.1) is 9.69 Å². The highest BCUT2D eigenvalue weighted by atomic mass is 16.4. The van der Waals surface area contributed by atoms with Crippen LogP contribution in [0.4, 0.5) is 5.69 Å². The predicted molar refractivity (Wildman–Crippen MR) is 119 cm³/mol. The van der Waals surface area contributed by atoms with Crippen LogP contribution >= 0.6 is 0 Å². The Hall–Kier alpha value is -4.00. The van der Waals surface area contributed by atoms with Crippen molar-refractivity contribution in [1.82, 2.24) is 4.98 Å². The first-order valence-corrected chi connectivity index (χ1v) is 10.6. The van der Waals surface area contributed by atoms with E-state index in [-0.39, 0.29) is 18.1 Å². The molecule has 1 aliphatic rings. The number of para-hydroxylation sites is 1. The Balaban J connectivity index is 1.66. The molecule has 1 aliphatic heterocycles. The molecular formula is C25H22N3O4+. The van der Waals surface area contributed by atoms with Crippen LogP contribution in [0.25, 0.3) is 22.2 Å². The summed E-state index contributed by atoms with van der Waals surface area (Å²) < 4.78 is 7.14. The summed E-state index contributed by atoms with van der Waals surface area (Å²) in [6.07, 6.45) is 3.54. The maximum Gasteiger partial charge on any atom is 0.336 e. The molecule has 2 aromatic heterocycles. The van der Waals surface area contributed by atoms with E-state index in [0.29, 0.717) is 28.2 Å². The summed E-state index contributed by atoms with van der Waals surface area (Å²) in [4.78, 5) is 29.4. The molecule has 0 radical (unpaired) electrons. The number of hydrogen-bond acceptors (Lipinski definition) is 5. The molecule has 0 atom stereocenters. The number of anilines is 1. The number of phenolic OH excluding ortho intramolecular Hbond substituents is 1. The van der Waals surface area contributed by atoms with Gasteiger partial charge in [-0.05, 0) is 42.1 Å². The van der Waals surface area contributed by atoms with Crippen LogP contribution in [0.1, 0.15) is 30.3 Å². The van der Waals surface area contributed by atoms with E-state index in [0.717, 1.165) is 29.5 Å². The molecule has 2 aromatic carbocycles. The van der Waals surface area contributed by atoms with Crippen LogP contribution in [0.15, 0.2) is 63.9 Å². The average Bonchev–Trinajstić information content (AvgIpc) is 3.12. The van der Waals surface area contributed by atoms with Crippen molar-refractivity contribution in [1.29, 1.82) is 0 Å². The summed E-state index contributed by atoms with van der Waals surface area (Å²) in [5, 5.41) is 13.3. The second-order valence-corrected chi connectivity index (χ2v) is 7.91. The van der Waals surface area contributed by atoms with Crippen LogP contribution in [-0.4, -0.2) is 16.0 Å². The Bertz CT molecular complexity index is 1430.